The summed E-state index contributed by atoms with van der Waals surface area (Å²) in [5.74, 6) is 0.898. The van der Waals surface area contributed by atoms with Crippen LogP contribution >= 0.6 is 27.3 Å². The molecule has 1 atom stereocenters. The number of hydrogen-bond acceptors (Lipinski definition) is 3. The standard InChI is InChI=1S/C14H16BrNOS/c1-9-4-7-13(18-9)14(16-2)11-6-5-10(15)8-12(11)17-3/h4-8,14,16H,1-3H3. The molecule has 0 aliphatic rings. The molecular weight excluding hydrogens is 310 g/mol. The highest BCUT2D eigenvalue weighted by Crippen LogP contribution is 2.34. The van der Waals surface area contributed by atoms with E-state index in [1.165, 1.54) is 9.75 Å². The first-order valence-electron chi connectivity index (χ1n) is 5.72. The molecule has 2 aromatic rings. The molecule has 18 heavy (non-hydrogen) atoms. The van der Waals surface area contributed by atoms with Gasteiger partial charge in [0, 0.05) is 19.8 Å². The molecule has 1 unspecified atom stereocenters. The third kappa shape index (κ3) is 2.76. The number of ether oxygens (including phenoxy) is 1. The van der Waals surface area contributed by atoms with Gasteiger partial charge in [0.2, 0.25) is 0 Å². The molecule has 0 amide bonds. The molecule has 2 rings (SSSR count). The number of halogens is 1. The lowest BCUT2D eigenvalue weighted by Crippen LogP contribution is -2.17. The summed E-state index contributed by atoms with van der Waals surface area (Å²) in [4.78, 5) is 2.62. The zero-order chi connectivity index (χ0) is 13.1. The molecule has 4 heteroatoms. The van der Waals surface area contributed by atoms with E-state index in [2.05, 4.69) is 46.4 Å². The lowest BCUT2D eigenvalue weighted by atomic mass is 10.0. The first kappa shape index (κ1) is 13.6. The Morgan fingerprint density at radius 3 is 2.61 bits per heavy atom. The Morgan fingerprint density at radius 1 is 1.28 bits per heavy atom. The van der Waals surface area contributed by atoms with E-state index in [1.54, 1.807) is 7.11 Å². The smallest absolute Gasteiger partial charge is 0.125 e. The normalized spacial score (nSPS) is 12.4. The van der Waals surface area contributed by atoms with Gasteiger partial charge in [0.25, 0.3) is 0 Å². The molecule has 0 aliphatic heterocycles. The van der Waals surface area contributed by atoms with Gasteiger partial charge in [-0.25, -0.2) is 0 Å². The highest BCUT2D eigenvalue weighted by molar-refractivity contribution is 9.10. The fourth-order valence-corrected chi connectivity index (χ4v) is 3.33. The molecule has 1 aromatic heterocycles. The van der Waals surface area contributed by atoms with Crippen LogP contribution in [0.25, 0.3) is 0 Å². The van der Waals surface area contributed by atoms with Crippen LogP contribution in [0, 0.1) is 6.92 Å². The lowest BCUT2D eigenvalue weighted by molar-refractivity contribution is 0.405. The van der Waals surface area contributed by atoms with Crippen molar-refractivity contribution in [3.05, 3.63) is 50.1 Å². The highest BCUT2D eigenvalue weighted by Gasteiger charge is 2.18. The van der Waals surface area contributed by atoms with E-state index in [-0.39, 0.29) is 6.04 Å². The van der Waals surface area contributed by atoms with Crippen LogP contribution in [-0.4, -0.2) is 14.2 Å². The summed E-state index contributed by atoms with van der Waals surface area (Å²) in [6.07, 6.45) is 0. The summed E-state index contributed by atoms with van der Waals surface area (Å²) in [5, 5.41) is 3.36. The second-order valence-corrected chi connectivity index (χ2v) is 6.29. The van der Waals surface area contributed by atoms with Crippen LogP contribution in [0.2, 0.25) is 0 Å². The number of benzene rings is 1. The molecule has 2 nitrogen and oxygen atoms in total. The average molecular weight is 326 g/mol. The van der Waals surface area contributed by atoms with Crippen LogP contribution in [-0.2, 0) is 0 Å². The molecule has 0 radical (unpaired) electrons. The van der Waals surface area contributed by atoms with Crippen molar-refractivity contribution in [2.24, 2.45) is 0 Å². The summed E-state index contributed by atoms with van der Waals surface area (Å²) in [7, 11) is 3.68. The van der Waals surface area contributed by atoms with Gasteiger partial charge in [0.1, 0.15) is 5.75 Å². The van der Waals surface area contributed by atoms with Gasteiger partial charge >= 0.3 is 0 Å². The van der Waals surface area contributed by atoms with Crippen molar-refractivity contribution in [2.75, 3.05) is 14.2 Å². The van der Waals surface area contributed by atoms with Crippen molar-refractivity contribution in [3.8, 4) is 5.75 Å². The molecule has 1 heterocycles. The molecular formula is C14H16BrNOS. The maximum absolute atomic E-state index is 5.47. The van der Waals surface area contributed by atoms with Crippen molar-refractivity contribution >= 4 is 27.3 Å². The second kappa shape index (κ2) is 5.87. The summed E-state index contributed by atoms with van der Waals surface area (Å²) < 4.78 is 6.50. The van der Waals surface area contributed by atoms with Crippen LogP contribution < -0.4 is 10.1 Å². The zero-order valence-corrected chi connectivity index (χ0v) is 13.1. The maximum Gasteiger partial charge on any atom is 0.125 e. The van der Waals surface area contributed by atoms with Gasteiger partial charge in [-0.2, -0.15) is 0 Å². The fraction of sp³-hybridized carbons (Fsp3) is 0.286. The molecule has 1 N–H and O–H groups in total. The minimum Gasteiger partial charge on any atom is -0.496 e. The lowest BCUT2D eigenvalue weighted by Gasteiger charge is -2.18. The Kier molecular flexibility index (Phi) is 4.43. The Labute approximate surface area is 120 Å². The average Bonchev–Trinajstić information content (AvgIpc) is 2.78. The highest BCUT2D eigenvalue weighted by atomic mass is 79.9. The van der Waals surface area contributed by atoms with Gasteiger partial charge < -0.3 is 10.1 Å². The predicted octanol–water partition coefficient (Wildman–Crippen LogP) is 4.14. The first-order chi connectivity index (χ1) is 8.65. The van der Waals surface area contributed by atoms with E-state index in [4.69, 9.17) is 4.74 Å². The van der Waals surface area contributed by atoms with E-state index in [9.17, 15) is 0 Å². The van der Waals surface area contributed by atoms with E-state index in [1.807, 2.05) is 30.5 Å². The minimum absolute atomic E-state index is 0.173. The van der Waals surface area contributed by atoms with Crippen LogP contribution in [0.1, 0.15) is 21.4 Å². The largest absolute Gasteiger partial charge is 0.496 e. The van der Waals surface area contributed by atoms with Gasteiger partial charge in [-0.3, -0.25) is 0 Å². The maximum atomic E-state index is 5.47. The summed E-state index contributed by atoms with van der Waals surface area (Å²) in [5.41, 5.74) is 1.16. The van der Waals surface area contributed by atoms with Gasteiger partial charge in [-0.15, -0.1) is 11.3 Å². The molecule has 0 fully saturated rings. The van der Waals surface area contributed by atoms with Crippen molar-refractivity contribution < 1.29 is 4.74 Å². The number of nitrogens with one attached hydrogen (secondary N) is 1. The Hall–Kier alpha value is -0.840. The van der Waals surface area contributed by atoms with E-state index in [0.717, 1.165) is 15.8 Å². The topological polar surface area (TPSA) is 21.3 Å². The van der Waals surface area contributed by atoms with Crippen LogP contribution in [0.15, 0.2) is 34.8 Å². The van der Waals surface area contributed by atoms with E-state index < -0.39 is 0 Å². The van der Waals surface area contributed by atoms with Gasteiger partial charge in [0.15, 0.2) is 0 Å². The molecule has 0 saturated carbocycles. The van der Waals surface area contributed by atoms with E-state index >= 15 is 0 Å². The predicted molar refractivity (Wildman–Crippen MR) is 80.7 cm³/mol. The molecule has 0 saturated heterocycles. The second-order valence-electron chi connectivity index (χ2n) is 4.06. The summed E-state index contributed by atoms with van der Waals surface area (Å²) >= 11 is 5.28. The van der Waals surface area contributed by atoms with Crippen LogP contribution in [0.5, 0.6) is 5.75 Å². The molecule has 1 aromatic carbocycles. The number of hydrogen-bond donors (Lipinski definition) is 1. The van der Waals surface area contributed by atoms with Crippen molar-refractivity contribution in [2.45, 2.75) is 13.0 Å². The quantitative estimate of drug-likeness (QED) is 0.912. The number of aryl methyl sites for hydroxylation is 1. The SMILES string of the molecule is CNC(c1ccc(C)s1)c1ccc(Br)cc1OC. The zero-order valence-electron chi connectivity index (χ0n) is 10.7. The molecule has 0 spiro atoms. The van der Waals surface area contributed by atoms with Gasteiger partial charge in [-0.05, 0) is 38.2 Å². The molecule has 96 valence electrons. The third-order valence-electron chi connectivity index (χ3n) is 2.84. The Balaban J connectivity index is 2.44. The third-order valence-corrected chi connectivity index (χ3v) is 4.40. The minimum atomic E-state index is 0.173. The van der Waals surface area contributed by atoms with Crippen molar-refractivity contribution in [3.63, 3.8) is 0 Å². The first-order valence-corrected chi connectivity index (χ1v) is 7.33. The van der Waals surface area contributed by atoms with Crippen LogP contribution in [0.4, 0.5) is 0 Å². The van der Waals surface area contributed by atoms with Crippen LogP contribution in [0.3, 0.4) is 0 Å². The Morgan fingerprint density at radius 2 is 2.06 bits per heavy atom. The van der Waals surface area contributed by atoms with Crippen molar-refractivity contribution in [1.82, 2.24) is 5.32 Å². The number of rotatable bonds is 4. The molecule has 0 aliphatic carbocycles. The van der Waals surface area contributed by atoms with E-state index in [0.29, 0.717) is 0 Å². The summed E-state index contributed by atoms with van der Waals surface area (Å²) in [6.45, 7) is 2.12. The number of thiophene rings is 1. The fourth-order valence-electron chi connectivity index (χ4n) is 1.98. The summed E-state index contributed by atoms with van der Waals surface area (Å²) in [6, 6.07) is 10.6. The Bertz CT molecular complexity index is 538. The van der Waals surface area contributed by atoms with Crippen molar-refractivity contribution in [1.29, 1.82) is 0 Å². The van der Waals surface area contributed by atoms with Gasteiger partial charge in [-0.1, -0.05) is 22.0 Å². The number of methoxy groups -OCH3 is 1. The van der Waals surface area contributed by atoms with Gasteiger partial charge in [0.05, 0.1) is 13.2 Å². The molecule has 0 bridgehead atoms. The monoisotopic (exact) mass is 325 g/mol.